The van der Waals surface area contributed by atoms with Crippen LogP contribution in [0.5, 0.6) is 5.75 Å². The molecule has 1 atom stereocenters. The van der Waals surface area contributed by atoms with Gasteiger partial charge < -0.3 is 9.26 Å². The topological polar surface area (TPSA) is 74.4 Å². The van der Waals surface area contributed by atoms with Crippen molar-refractivity contribution < 1.29 is 14.1 Å². The van der Waals surface area contributed by atoms with Gasteiger partial charge in [-0.05, 0) is 30.2 Å². The number of hydrogen-bond donors (Lipinski definition) is 0. The zero-order valence-electron chi connectivity index (χ0n) is 20.3. The molecule has 2 aliphatic heterocycles. The molecule has 3 aromatic rings. The molecule has 5 rings (SSSR count). The van der Waals surface area contributed by atoms with Crippen molar-refractivity contribution in [2.75, 3.05) is 39.8 Å². The van der Waals surface area contributed by atoms with E-state index in [0.717, 1.165) is 66.8 Å². The minimum atomic E-state index is -0.125. The summed E-state index contributed by atoms with van der Waals surface area (Å²) in [4.78, 5) is 18.1. The van der Waals surface area contributed by atoms with Gasteiger partial charge in [0.2, 0.25) is 0 Å². The number of nitrogens with zero attached hydrogens (tertiary/aromatic N) is 5. The fourth-order valence-electron chi connectivity index (χ4n) is 4.72. The molecule has 0 spiro atoms. The maximum Gasteiger partial charge on any atom is 0.257 e. The van der Waals surface area contributed by atoms with Gasteiger partial charge in [-0.25, -0.2) is 5.01 Å². The van der Waals surface area contributed by atoms with Crippen LogP contribution in [0.2, 0.25) is 0 Å². The number of amides is 1. The maximum absolute atomic E-state index is 13.5. The van der Waals surface area contributed by atoms with Gasteiger partial charge in [-0.1, -0.05) is 47.6 Å². The van der Waals surface area contributed by atoms with Crippen LogP contribution < -0.4 is 4.74 Å². The molecular weight excluding hydrogens is 442 g/mol. The molecule has 2 aromatic carbocycles. The highest BCUT2D eigenvalue weighted by Crippen LogP contribution is 2.33. The normalized spacial score (nSPS) is 19.1. The van der Waals surface area contributed by atoms with E-state index < -0.39 is 0 Å². The third-order valence-corrected chi connectivity index (χ3v) is 6.66. The quantitative estimate of drug-likeness (QED) is 0.523. The summed E-state index contributed by atoms with van der Waals surface area (Å²) in [7, 11) is 1.66. The van der Waals surface area contributed by atoms with E-state index >= 15 is 0 Å². The average Bonchev–Trinajstić information content (AvgIpc) is 3.52. The molecule has 1 saturated heterocycles. The highest BCUT2D eigenvalue weighted by atomic mass is 16.5. The molecule has 0 radical (unpaired) electrons. The van der Waals surface area contributed by atoms with E-state index in [2.05, 4.69) is 15.0 Å². The second-order valence-corrected chi connectivity index (χ2v) is 9.13. The van der Waals surface area contributed by atoms with Gasteiger partial charge in [0.05, 0.1) is 31.1 Å². The SMILES string of the molecule is COc1ccc([C@@H]2CC(c3ccccc3)=NN2C(=O)CN2CCN(Cc3cc(C)on3)CC2)cc1. The number of ether oxygens (including phenoxy) is 1. The predicted octanol–water partition coefficient (Wildman–Crippen LogP) is 3.49. The van der Waals surface area contributed by atoms with Crippen molar-refractivity contribution in [2.45, 2.75) is 25.9 Å². The van der Waals surface area contributed by atoms with Crippen molar-refractivity contribution in [3.63, 3.8) is 0 Å². The van der Waals surface area contributed by atoms with Crippen LogP contribution in [-0.4, -0.2) is 71.4 Å². The van der Waals surface area contributed by atoms with E-state index in [1.54, 1.807) is 12.1 Å². The first-order valence-electron chi connectivity index (χ1n) is 12.0. The van der Waals surface area contributed by atoms with Crippen LogP contribution in [0, 0.1) is 6.92 Å². The molecule has 1 fully saturated rings. The van der Waals surface area contributed by atoms with E-state index in [1.165, 1.54) is 0 Å². The van der Waals surface area contributed by atoms with Crippen LogP contribution in [-0.2, 0) is 11.3 Å². The summed E-state index contributed by atoms with van der Waals surface area (Å²) >= 11 is 0. The van der Waals surface area contributed by atoms with Crippen LogP contribution >= 0.6 is 0 Å². The number of piperazine rings is 1. The summed E-state index contributed by atoms with van der Waals surface area (Å²) < 4.78 is 10.5. The molecule has 2 aliphatic rings. The summed E-state index contributed by atoms with van der Waals surface area (Å²) in [6.07, 6.45) is 0.687. The Balaban J connectivity index is 1.26. The van der Waals surface area contributed by atoms with Crippen molar-refractivity contribution in [3.05, 3.63) is 83.2 Å². The minimum Gasteiger partial charge on any atom is -0.497 e. The van der Waals surface area contributed by atoms with E-state index in [4.69, 9.17) is 14.4 Å². The van der Waals surface area contributed by atoms with Crippen LogP contribution in [0.1, 0.15) is 35.0 Å². The van der Waals surface area contributed by atoms with Crippen LogP contribution in [0.15, 0.2) is 70.3 Å². The van der Waals surface area contributed by atoms with Gasteiger partial charge in [0, 0.05) is 45.2 Å². The zero-order chi connectivity index (χ0) is 24.2. The number of rotatable bonds is 7. The first kappa shape index (κ1) is 23.3. The molecule has 182 valence electrons. The standard InChI is InChI=1S/C27H31N5O3/c1-20-16-23(29-35-20)18-30-12-14-31(15-13-30)19-27(33)32-26(22-8-10-24(34-2)11-9-22)17-25(28-32)21-6-4-3-5-7-21/h3-11,16,26H,12-15,17-19H2,1-2H3/t26-/m0/s1. The Bertz CT molecular complexity index is 1170. The molecule has 8 nitrogen and oxygen atoms in total. The summed E-state index contributed by atoms with van der Waals surface area (Å²) in [6, 6.07) is 19.9. The van der Waals surface area contributed by atoms with E-state index in [9.17, 15) is 4.79 Å². The number of hydrazone groups is 1. The Morgan fingerprint density at radius 2 is 1.74 bits per heavy atom. The molecule has 8 heteroatoms. The van der Waals surface area contributed by atoms with Gasteiger partial charge >= 0.3 is 0 Å². The predicted molar refractivity (Wildman–Crippen MR) is 133 cm³/mol. The third kappa shape index (κ3) is 5.44. The van der Waals surface area contributed by atoms with E-state index in [1.807, 2.05) is 67.6 Å². The minimum absolute atomic E-state index is 0.0253. The smallest absolute Gasteiger partial charge is 0.257 e. The van der Waals surface area contributed by atoms with E-state index in [0.29, 0.717) is 13.0 Å². The highest BCUT2D eigenvalue weighted by Gasteiger charge is 2.34. The molecule has 0 aliphatic carbocycles. The third-order valence-electron chi connectivity index (χ3n) is 6.66. The van der Waals surface area contributed by atoms with Crippen molar-refractivity contribution in [1.29, 1.82) is 0 Å². The molecule has 0 N–H and O–H groups in total. The Morgan fingerprint density at radius 1 is 1.03 bits per heavy atom. The lowest BCUT2D eigenvalue weighted by Gasteiger charge is -2.34. The number of methoxy groups -OCH3 is 1. The lowest BCUT2D eigenvalue weighted by atomic mass is 9.98. The Morgan fingerprint density at radius 3 is 2.40 bits per heavy atom. The van der Waals surface area contributed by atoms with Crippen molar-refractivity contribution >= 4 is 11.6 Å². The van der Waals surface area contributed by atoms with Crippen molar-refractivity contribution in [1.82, 2.24) is 20.0 Å². The number of carbonyl (C=O) groups excluding carboxylic acids is 1. The molecule has 3 heterocycles. The Hall–Kier alpha value is -3.49. The zero-order valence-corrected chi connectivity index (χ0v) is 20.3. The van der Waals surface area contributed by atoms with Gasteiger partial charge in [0.25, 0.3) is 5.91 Å². The number of aromatic nitrogens is 1. The van der Waals surface area contributed by atoms with Crippen LogP contribution in [0.4, 0.5) is 0 Å². The number of aryl methyl sites for hydroxylation is 1. The lowest BCUT2D eigenvalue weighted by molar-refractivity contribution is -0.134. The van der Waals surface area contributed by atoms with Crippen LogP contribution in [0.25, 0.3) is 0 Å². The molecule has 35 heavy (non-hydrogen) atoms. The Kier molecular flexibility index (Phi) is 6.92. The summed E-state index contributed by atoms with van der Waals surface area (Å²) in [5.41, 5.74) is 4.00. The maximum atomic E-state index is 13.5. The highest BCUT2D eigenvalue weighted by molar-refractivity contribution is 6.03. The Labute approximate surface area is 205 Å². The summed E-state index contributed by atoms with van der Waals surface area (Å²) in [5.74, 6) is 1.65. The fourth-order valence-corrected chi connectivity index (χ4v) is 4.72. The van der Waals surface area contributed by atoms with E-state index in [-0.39, 0.29) is 11.9 Å². The second kappa shape index (κ2) is 10.4. The molecule has 1 aromatic heterocycles. The number of carbonyl (C=O) groups is 1. The molecule has 0 saturated carbocycles. The van der Waals surface area contributed by atoms with Gasteiger partial charge in [-0.2, -0.15) is 5.10 Å². The monoisotopic (exact) mass is 473 g/mol. The lowest BCUT2D eigenvalue weighted by Crippen LogP contribution is -2.49. The van der Waals surface area contributed by atoms with Crippen molar-refractivity contribution in [3.8, 4) is 5.75 Å². The summed E-state index contributed by atoms with van der Waals surface area (Å²) in [5, 5.41) is 10.6. The molecule has 0 bridgehead atoms. The van der Waals surface area contributed by atoms with Crippen molar-refractivity contribution in [2.24, 2.45) is 5.10 Å². The first-order valence-corrected chi connectivity index (χ1v) is 12.0. The first-order chi connectivity index (χ1) is 17.1. The van der Waals surface area contributed by atoms with Gasteiger partial charge in [0.15, 0.2) is 0 Å². The molecule has 1 amide bonds. The van der Waals surface area contributed by atoms with Gasteiger partial charge in [-0.15, -0.1) is 0 Å². The molecule has 0 unspecified atom stereocenters. The second-order valence-electron chi connectivity index (χ2n) is 9.13. The number of hydrogen-bond acceptors (Lipinski definition) is 7. The largest absolute Gasteiger partial charge is 0.497 e. The van der Waals surface area contributed by atoms with Gasteiger partial charge in [0.1, 0.15) is 11.5 Å². The fraction of sp³-hybridized carbons (Fsp3) is 0.370. The average molecular weight is 474 g/mol. The molecular formula is C27H31N5O3. The van der Waals surface area contributed by atoms with Crippen LogP contribution in [0.3, 0.4) is 0 Å². The number of benzene rings is 2. The summed E-state index contributed by atoms with van der Waals surface area (Å²) in [6.45, 7) is 6.48. The van der Waals surface area contributed by atoms with Gasteiger partial charge in [-0.3, -0.25) is 14.6 Å².